The molecule has 0 aromatic heterocycles. The van der Waals surface area contributed by atoms with Gasteiger partial charge in [0.2, 0.25) is 5.91 Å². The maximum atomic E-state index is 12.1. The summed E-state index contributed by atoms with van der Waals surface area (Å²) in [5, 5.41) is 10.9. The van der Waals surface area contributed by atoms with Crippen molar-refractivity contribution in [3.05, 3.63) is 39.9 Å². The quantitative estimate of drug-likeness (QED) is 0.632. The van der Waals surface area contributed by atoms with Crippen LogP contribution in [0.15, 0.2) is 24.3 Å². The SMILES string of the molecule is CC(c1cccc([N+](=O)[O-])c1)N1CCN(C(=O)C2CC2)CC1. The minimum absolute atomic E-state index is 0.123. The smallest absolute Gasteiger partial charge is 0.269 e. The number of nitro benzene ring substituents is 1. The number of non-ortho nitro benzene ring substituents is 1. The molecule has 0 N–H and O–H groups in total. The second kappa shape index (κ2) is 6.04. The molecule has 1 aromatic rings. The van der Waals surface area contributed by atoms with E-state index in [0.29, 0.717) is 5.91 Å². The van der Waals surface area contributed by atoms with Crippen molar-refractivity contribution >= 4 is 11.6 Å². The normalized spacial score (nSPS) is 20.7. The van der Waals surface area contributed by atoms with Gasteiger partial charge in [-0.2, -0.15) is 0 Å². The molecule has 6 nitrogen and oxygen atoms in total. The van der Waals surface area contributed by atoms with Crippen molar-refractivity contribution in [3.63, 3.8) is 0 Å². The fraction of sp³-hybridized carbons (Fsp3) is 0.562. The van der Waals surface area contributed by atoms with Gasteiger partial charge < -0.3 is 4.90 Å². The molecule has 22 heavy (non-hydrogen) atoms. The van der Waals surface area contributed by atoms with Crippen LogP contribution in [-0.4, -0.2) is 46.8 Å². The van der Waals surface area contributed by atoms with E-state index < -0.39 is 0 Å². The van der Waals surface area contributed by atoms with Crippen LogP contribution in [0.4, 0.5) is 5.69 Å². The zero-order valence-corrected chi connectivity index (χ0v) is 12.8. The van der Waals surface area contributed by atoms with Crippen LogP contribution in [-0.2, 0) is 4.79 Å². The second-order valence-corrected chi connectivity index (χ2v) is 6.16. The molecule has 1 unspecified atom stereocenters. The Morgan fingerprint density at radius 1 is 1.27 bits per heavy atom. The number of nitrogens with zero attached hydrogens (tertiary/aromatic N) is 3. The van der Waals surface area contributed by atoms with Crippen LogP contribution in [0.3, 0.4) is 0 Å². The Morgan fingerprint density at radius 3 is 2.55 bits per heavy atom. The molecule has 0 spiro atoms. The number of amides is 1. The minimum Gasteiger partial charge on any atom is -0.340 e. The lowest BCUT2D eigenvalue weighted by molar-refractivity contribution is -0.385. The summed E-state index contributed by atoms with van der Waals surface area (Å²) in [7, 11) is 0. The highest BCUT2D eigenvalue weighted by Crippen LogP contribution is 2.32. The molecule has 118 valence electrons. The topological polar surface area (TPSA) is 66.7 Å². The standard InChI is InChI=1S/C16H21N3O3/c1-12(14-3-2-4-15(11-14)19(21)22)17-7-9-18(10-8-17)16(20)13-5-6-13/h2-4,11-13H,5-10H2,1H3. The van der Waals surface area contributed by atoms with E-state index in [2.05, 4.69) is 11.8 Å². The van der Waals surface area contributed by atoms with E-state index in [1.54, 1.807) is 12.1 Å². The molecule has 1 aromatic carbocycles. The minimum atomic E-state index is -0.359. The van der Waals surface area contributed by atoms with Gasteiger partial charge in [0.05, 0.1) is 4.92 Å². The van der Waals surface area contributed by atoms with E-state index in [1.165, 1.54) is 6.07 Å². The van der Waals surface area contributed by atoms with Crippen molar-refractivity contribution < 1.29 is 9.72 Å². The number of hydrogen-bond donors (Lipinski definition) is 0. The van der Waals surface area contributed by atoms with Crippen molar-refractivity contribution in [1.82, 2.24) is 9.80 Å². The highest BCUT2D eigenvalue weighted by atomic mass is 16.6. The Hall–Kier alpha value is -1.95. The Kier molecular flexibility index (Phi) is 4.11. The summed E-state index contributed by atoms with van der Waals surface area (Å²) in [5.41, 5.74) is 1.09. The first-order valence-electron chi connectivity index (χ1n) is 7.83. The number of nitro groups is 1. The first-order valence-corrected chi connectivity index (χ1v) is 7.83. The van der Waals surface area contributed by atoms with Gasteiger partial charge in [0.25, 0.3) is 5.69 Å². The van der Waals surface area contributed by atoms with Crippen LogP contribution in [0.1, 0.15) is 31.4 Å². The number of rotatable bonds is 4. The third kappa shape index (κ3) is 3.11. The Balaban J connectivity index is 1.61. The molecule has 0 bridgehead atoms. The van der Waals surface area contributed by atoms with Crippen LogP contribution in [0.5, 0.6) is 0 Å². The van der Waals surface area contributed by atoms with Crippen LogP contribution < -0.4 is 0 Å². The van der Waals surface area contributed by atoms with Gasteiger partial charge in [0, 0.05) is 50.3 Å². The Bertz CT molecular complexity index is 578. The van der Waals surface area contributed by atoms with E-state index in [9.17, 15) is 14.9 Å². The molecule has 1 saturated carbocycles. The number of carbonyl (C=O) groups is 1. The first-order chi connectivity index (χ1) is 10.6. The zero-order chi connectivity index (χ0) is 15.7. The summed E-state index contributed by atoms with van der Waals surface area (Å²) in [6, 6.07) is 6.95. The Morgan fingerprint density at radius 2 is 1.95 bits per heavy atom. The molecule has 6 heteroatoms. The summed E-state index contributed by atoms with van der Waals surface area (Å²) < 4.78 is 0. The Labute approximate surface area is 129 Å². The van der Waals surface area contributed by atoms with E-state index in [1.807, 2.05) is 11.0 Å². The number of carbonyl (C=O) groups excluding carboxylic acids is 1. The van der Waals surface area contributed by atoms with E-state index >= 15 is 0 Å². The lowest BCUT2D eigenvalue weighted by Crippen LogP contribution is -2.49. The number of piperazine rings is 1. The zero-order valence-electron chi connectivity index (χ0n) is 12.8. The number of hydrogen-bond acceptors (Lipinski definition) is 4. The average molecular weight is 303 g/mol. The van der Waals surface area contributed by atoms with E-state index in [0.717, 1.165) is 44.6 Å². The molecule has 1 atom stereocenters. The first kappa shape index (κ1) is 15.0. The summed E-state index contributed by atoms with van der Waals surface area (Å²) in [5.74, 6) is 0.586. The molecule has 2 aliphatic rings. The van der Waals surface area contributed by atoms with Gasteiger partial charge in [0.15, 0.2) is 0 Å². The van der Waals surface area contributed by atoms with Crippen molar-refractivity contribution in [2.24, 2.45) is 5.92 Å². The van der Waals surface area contributed by atoms with Crippen LogP contribution in [0.2, 0.25) is 0 Å². The molecular weight excluding hydrogens is 282 g/mol. The van der Waals surface area contributed by atoms with Gasteiger partial charge in [0.1, 0.15) is 0 Å². The summed E-state index contributed by atoms with van der Waals surface area (Å²) in [4.78, 5) is 26.8. The third-order valence-corrected chi connectivity index (χ3v) is 4.66. The monoisotopic (exact) mass is 303 g/mol. The summed E-state index contributed by atoms with van der Waals surface area (Å²) in [6.07, 6.45) is 2.09. The predicted molar refractivity (Wildman–Crippen MR) is 82.4 cm³/mol. The van der Waals surface area contributed by atoms with Crippen LogP contribution in [0, 0.1) is 16.0 Å². The molecule has 3 rings (SSSR count). The highest BCUT2D eigenvalue weighted by molar-refractivity contribution is 5.81. The fourth-order valence-corrected chi connectivity index (χ4v) is 3.03. The van der Waals surface area contributed by atoms with Gasteiger partial charge >= 0.3 is 0 Å². The fourth-order valence-electron chi connectivity index (χ4n) is 3.03. The molecule has 1 amide bonds. The lowest BCUT2D eigenvalue weighted by atomic mass is 10.1. The van der Waals surface area contributed by atoms with Crippen molar-refractivity contribution in [3.8, 4) is 0 Å². The maximum absolute atomic E-state index is 12.1. The van der Waals surface area contributed by atoms with Crippen molar-refractivity contribution in [2.45, 2.75) is 25.8 Å². The summed E-state index contributed by atoms with van der Waals surface area (Å²) in [6.45, 7) is 5.23. The maximum Gasteiger partial charge on any atom is 0.269 e. The molecule has 1 saturated heterocycles. The predicted octanol–water partition coefficient (Wildman–Crippen LogP) is 2.21. The molecule has 1 aliphatic carbocycles. The van der Waals surface area contributed by atoms with Crippen molar-refractivity contribution in [2.75, 3.05) is 26.2 Å². The summed E-state index contributed by atoms with van der Waals surface area (Å²) >= 11 is 0. The lowest BCUT2D eigenvalue weighted by Gasteiger charge is -2.38. The average Bonchev–Trinajstić information content (AvgIpc) is 3.38. The highest BCUT2D eigenvalue weighted by Gasteiger charge is 2.35. The van der Waals surface area contributed by atoms with Gasteiger partial charge in [-0.3, -0.25) is 19.8 Å². The second-order valence-electron chi connectivity index (χ2n) is 6.16. The third-order valence-electron chi connectivity index (χ3n) is 4.66. The molecule has 0 radical (unpaired) electrons. The molecule has 1 heterocycles. The molecule has 2 fully saturated rings. The van der Waals surface area contributed by atoms with E-state index in [4.69, 9.17) is 0 Å². The van der Waals surface area contributed by atoms with Crippen LogP contribution >= 0.6 is 0 Å². The van der Waals surface area contributed by atoms with Crippen LogP contribution in [0.25, 0.3) is 0 Å². The number of benzene rings is 1. The van der Waals surface area contributed by atoms with E-state index in [-0.39, 0.29) is 22.6 Å². The van der Waals surface area contributed by atoms with Gasteiger partial charge in [-0.1, -0.05) is 12.1 Å². The largest absolute Gasteiger partial charge is 0.340 e. The van der Waals surface area contributed by atoms with Crippen molar-refractivity contribution in [1.29, 1.82) is 0 Å². The van der Waals surface area contributed by atoms with Gasteiger partial charge in [-0.15, -0.1) is 0 Å². The molecule has 1 aliphatic heterocycles. The molecular formula is C16H21N3O3. The van der Waals surface area contributed by atoms with Gasteiger partial charge in [-0.05, 0) is 25.3 Å². The van der Waals surface area contributed by atoms with Gasteiger partial charge in [-0.25, -0.2) is 0 Å².